The van der Waals surface area contributed by atoms with Crippen molar-refractivity contribution in [3.8, 4) is 0 Å². The van der Waals surface area contributed by atoms with E-state index in [0.29, 0.717) is 23.4 Å². The molecule has 2 atom stereocenters. The predicted molar refractivity (Wildman–Crippen MR) is 116 cm³/mol. The van der Waals surface area contributed by atoms with Crippen molar-refractivity contribution in [1.29, 1.82) is 0 Å². The van der Waals surface area contributed by atoms with Gasteiger partial charge in [0.25, 0.3) is 23.4 Å². The molecule has 2 aromatic carbocycles. The molecule has 4 rings (SSSR count). The molecule has 1 heterocycles. The molecule has 164 valence electrons. The van der Waals surface area contributed by atoms with E-state index >= 15 is 0 Å². The van der Waals surface area contributed by atoms with Gasteiger partial charge in [-0.15, -0.1) is 0 Å². The minimum atomic E-state index is -0.621. The van der Waals surface area contributed by atoms with Gasteiger partial charge in [0.15, 0.2) is 0 Å². The van der Waals surface area contributed by atoms with Crippen molar-refractivity contribution < 1.29 is 19.3 Å². The summed E-state index contributed by atoms with van der Waals surface area (Å²) in [5.41, 5.74) is 1.55. The number of carbonyl (C=O) groups excluding carboxylic acids is 3. The van der Waals surface area contributed by atoms with Crippen LogP contribution in [0.4, 0.5) is 5.69 Å². The van der Waals surface area contributed by atoms with Gasteiger partial charge in [-0.2, -0.15) is 5.01 Å². The third kappa shape index (κ3) is 3.89. The number of carbonyl (C=O) groups is 3. The number of benzene rings is 2. The van der Waals surface area contributed by atoms with Crippen LogP contribution < -0.4 is 0 Å². The van der Waals surface area contributed by atoms with E-state index in [2.05, 4.69) is 0 Å². The van der Waals surface area contributed by atoms with Crippen molar-refractivity contribution in [2.45, 2.75) is 26.3 Å². The maximum atomic E-state index is 13.4. The van der Waals surface area contributed by atoms with Crippen molar-refractivity contribution in [3.05, 3.63) is 86.4 Å². The number of hydrogen-bond donors (Lipinski definition) is 0. The highest BCUT2D eigenvalue weighted by Crippen LogP contribution is 2.39. The molecule has 1 aliphatic heterocycles. The maximum Gasteiger partial charge on any atom is 0.273 e. The number of amides is 3. The molecule has 0 bridgehead atoms. The average Bonchev–Trinajstić information content (AvgIpc) is 3.02. The lowest BCUT2D eigenvalue weighted by Crippen LogP contribution is -2.49. The van der Waals surface area contributed by atoms with E-state index < -0.39 is 34.5 Å². The molecule has 9 heteroatoms. The van der Waals surface area contributed by atoms with Crippen molar-refractivity contribution in [2.75, 3.05) is 0 Å². The summed E-state index contributed by atoms with van der Waals surface area (Å²) in [4.78, 5) is 50.3. The Labute approximate surface area is 189 Å². The van der Waals surface area contributed by atoms with E-state index in [4.69, 9.17) is 11.6 Å². The molecule has 3 amide bonds. The molecule has 8 nitrogen and oxygen atoms in total. The van der Waals surface area contributed by atoms with Crippen molar-refractivity contribution >= 4 is 35.0 Å². The van der Waals surface area contributed by atoms with Gasteiger partial charge in [0.1, 0.15) is 0 Å². The van der Waals surface area contributed by atoms with Gasteiger partial charge in [-0.05, 0) is 43.5 Å². The highest BCUT2D eigenvalue weighted by atomic mass is 35.5. The Hall–Kier alpha value is -3.52. The average molecular weight is 454 g/mol. The lowest BCUT2D eigenvalue weighted by molar-refractivity contribution is -0.384. The van der Waals surface area contributed by atoms with Crippen LogP contribution in [0.3, 0.4) is 0 Å². The van der Waals surface area contributed by atoms with Crippen LogP contribution in [-0.4, -0.2) is 32.7 Å². The van der Waals surface area contributed by atoms with E-state index in [9.17, 15) is 24.5 Å². The van der Waals surface area contributed by atoms with E-state index in [1.165, 1.54) is 24.3 Å². The molecule has 0 unspecified atom stereocenters. The van der Waals surface area contributed by atoms with E-state index in [1.807, 2.05) is 13.0 Å². The molecule has 0 radical (unpaired) electrons. The number of fused-ring (bicyclic) bond motifs is 1. The van der Waals surface area contributed by atoms with Gasteiger partial charge >= 0.3 is 0 Å². The van der Waals surface area contributed by atoms with Crippen LogP contribution in [-0.2, 0) is 16.1 Å². The lowest BCUT2D eigenvalue weighted by atomic mass is 9.82. The first-order valence-electron chi connectivity index (χ1n) is 10.1. The number of nitrogens with zero attached hydrogens (tertiary/aromatic N) is 3. The quantitative estimate of drug-likeness (QED) is 0.293. The fraction of sp³-hybridized carbons (Fsp3) is 0.261. The molecule has 32 heavy (non-hydrogen) atoms. The van der Waals surface area contributed by atoms with Crippen molar-refractivity contribution in [1.82, 2.24) is 10.0 Å². The number of hydrogen-bond acceptors (Lipinski definition) is 5. The summed E-state index contributed by atoms with van der Waals surface area (Å²) in [5.74, 6) is -2.49. The summed E-state index contributed by atoms with van der Waals surface area (Å²) in [6.07, 6.45) is 2.87. The number of halogens is 1. The van der Waals surface area contributed by atoms with Gasteiger partial charge in [0, 0.05) is 22.7 Å². The monoisotopic (exact) mass is 453 g/mol. The number of hydrazine groups is 1. The number of allylic oxidation sites excluding steroid dienone is 2. The molecule has 0 saturated carbocycles. The Bertz CT molecular complexity index is 1140. The summed E-state index contributed by atoms with van der Waals surface area (Å²) < 4.78 is 0. The van der Waals surface area contributed by atoms with Gasteiger partial charge in [0.2, 0.25) is 0 Å². The SMILES string of the molecule is CC1=CC[C@@H]2C(=O)N(N(Cc3ccccc3Cl)C(=O)c3ccc([N+](=O)[O-])cc3)C(=O)[C@H]2C1. The van der Waals surface area contributed by atoms with Gasteiger partial charge in [0.05, 0.1) is 23.3 Å². The Morgan fingerprint density at radius 2 is 1.78 bits per heavy atom. The molecule has 2 aromatic rings. The zero-order valence-electron chi connectivity index (χ0n) is 17.2. The second-order valence-electron chi connectivity index (χ2n) is 7.95. The maximum absolute atomic E-state index is 13.4. The van der Waals surface area contributed by atoms with Crippen molar-refractivity contribution in [3.63, 3.8) is 0 Å². The van der Waals surface area contributed by atoms with Crippen LogP contribution in [0.15, 0.2) is 60.2 Å². The molecule has 1 aliphatic carbocycles. The molecule has 0 aromatic heterocycles. The molecular formula is C23H20ClN3O5. The molecular weight excluding hydrogens is 434 g/mol. The van der Waals surface area contributed by atoms with E-state index in [-0.39, 0.29) is 17.8 Å². The summed E-state index contributed by atoms with van der Waals surface area (Å²) in [5, 5.41) is 13.4. The number of nitro benzene ring substituents is 1. The summed E-state index contributed by atoms with van der Waals surface area (Å²) >= 11 is 6.29. The standard InChI is InChI=1S/C23H20ClN3O5/c1-14-6-11-18-19(12-14)23(30)26(22(18)29)25(13-16-4-2-3-5-20(16)24)21(28)15-7-9-17(10-8-15)27(31)32/h2-10,18-19H,11-13H2,1H3/t18-,19-/m0/s1. The first-order valence-corrected chi connectivity index (χ1v) is 10.5. The fourth-order valence-corrected chi connectivity index (χ4v) is 4.35. The minimum Gasteiger partial charge on any atom is -0.272 e. The zero-order chi connectivity index (χ0) is 23.0. The number of non-ortho nitro benzene ring substituents is 1. The van der Waals surface area contributed by atoms with E-state index in [0.717, 1.165) is 15.6 Å². The summed E-state index contributed by atoms with van der Waals surface area (Å²) in [6.45, 7) is 1.82. The lowest BCUT2D eigenvalue weighted by Gasteiger charge is -2.31. The third-order valence-corrected chi connectivity index (χ3v) is 6.25. The molecule has 2 aliphatic rings. The number of nitro groups is 1. The molecule has 1 saturated heterocycles. The van der Waals surface area contributed by atoms with Crippen LogP contribution >= 0.6 is 11.6 Å². The second-order valence-corrected chi connectivity index (χ2v) is 8.36. The Balaban J connectivity index is 1.72. The normalized spacial score (nSPS) is 20.1. The first kappa shape index (κ1) is 21.7. The van der Waals surface area contributed by atoms with Crippen LogP contribution in [0.2, 0.25) is 5.02 Å². The van der Waals surface area contributed by atoms with E-state index in [1.54, 1.807) is 24.3 Å². The second kappa shape index (κ2) is 8.55. The Kier molecular flexibility index (Phi) is 5.80. The Morgan fingerprint density at radius 3 is 2.44 bits per heavy atom. The third-order valence-electron chi connectivity index (χ3n) is 5.88. The van der Waals surface area contributed by atoms with Gasteiger partial charge in [-0.1, -0.05) is 41.4 Å². The molecule has 1 fully saturated rings. The predicted octanol–water partition coefficient (Wildman–Crippen LogP) is 4.15. The van der Waals surface area contributed by atoms with Gasteiger partial charge in [-0.25, -0.2) is 5.01 Å². The minimum absolute atomic E-state index is 0.0984. The fourth-order valence-electron chi connectivity index (χ4n) is 4.15. The van der Waals surface area contributed by atoms with Crippen LogP contribution in [0.1, 0.15) is 35.7 Å². The number of rotatable bonds is 5. The van der Waals surface area contributed by atoms with Crippen LogP contribution in [0, 0.1) is 22.0 Å². The van der Waals surface area contributed by atoms with Crippen LogP contribution in [0.5, 0.6) is 0 Å². The molecule has 0 N–H and O–H groups in total. The Morgan fingerprint density at radius 1 is 1.12 bits per heavy atom. The highest BCUT2D eigenvalue weighted by molar-refractivity contribution is 6.31. The largest absolute Gasteiger partial charge is 0.273 e. The molecule has 0 spiro atoms. The van der Waals surface area contributed by atoms with Gasteiger partial charge < -0.3 is 0 Å². The first-order chi connectivity index (χ1) is 15.3. The summed E-state index contributed by atoms with van der Waals surface area (Å²) in [6, 6.07) is 11.9. The highest BCUT2D eigenvalue weighted by Gasteiger charge is 2.51. The van der Waals surface area contributed by atoms with Gasteiger partial charge in [-0.3, -0.25) is 24.5 Å². The van der Waals surface area contributed by atoms with Crippen molar-refractivity contribution in [2.24, 2.45) is 11.8 Å². The smallest absolute Gasteiger partial charge is 0.272 e. The zero-order valence-corrected chi connectivity index (χ0v) is 18.0. The topological polar surface area (TPSA) is 101 Å². The van der Waals surface area contributed by atoms with Crippen LogP contribution in [0.25, 0.3) is 0 Å². The number of imide groups is 1. The summed E-state index contributed by atoms with van der Waals surface area (Å²) in [7, 11) is 0.